The molecule has 0 spiro atoms. The number of benzene rings is 3. The Hall–Kier alpha value is -4.73. The third-order valence-electron chi connectivity index (χ3n) is 10.1. The van der Waals surface area contributed by atoms with E-state index in [2.05, 4.69) is 11.5 Å². The Labute approximate surface area is 300 Å². The second kappa shape index (κ2) is 12.5. The predicted molar refractivity (Wildman–Crippen MR) is 200 cm³/mol. The maximum atomic E-state index is 14.9. The van der Waals surface area contributed by atoms with Gasteiger partial charge < -0.3 is 19.0 Å². The molecular weight excluding hydrogens is 673 g/mol. The number of ether oxygens (including phenoxy) is 1. The molecule has 0 saturated carbocycles. The van der Waals surface area contributed by atoms with Gasteiger partial charge in [0.05, 0.1) is 33.9 Å². The smallest absolute Gasteiger partial charge is 0.335 e. The summed E-state index contributed by atoms with van der Waals surface area (Å²) in [4.78, 5) is 28.5. The number of carbonyl (C=O) groups is 2. The average Bonchev–Trinajstić information content (AvgIpc) is 3.67. The van der Waals surface area contributed by atoms with Gasteiger partial charge in [-0.1, -0.05) is 35.3 Å². The molecule has 0 fully saturated rings. The normalized spacial score (nSPS) is 14.6. The number of hydrogen-bond donors (Lipinski definition) is 1. The molecule has 1 N–H and O–H groups in total. The Bertz CT molecular complexity index is 2360. The van der Waals surface area contributed by atoms with Crippen LogP contribution in [0.5, 0.6) is 5.75 Å². The molecule has 6 aromatic rings. The minimum absolute atomic E-state index is 0.114. The van der Waals surface area contributed by atoms with E-state index in [1.165, 1.54) is 0 Å². The van der Waals surface area contributed by atoms with E-state index >= 15 is 0 Å². The Morgan fingerprint density at radius 2 is 1.72 bits per heavy atom. The summed E-state index contributed by atoms with van der Waals surface area (Å²) in [6.45, 7) is 11.0. The fourth-order valence-electron chi connectivity index (χ4n) is 7.63. The van der Waals surface area contributed by atoms with Gasteiger partial charge in [0.15, 0.2) is 0 Å². The van der Waals surface area contributed by atoms with Gasteiger partial charge in [0.2, 0.25) is 0 Å². The monoisotopic (exact) mass is 711 g/mol. The van der Waals surface area contributed by atoms with Crippen molar-refractivity contribution >= 4 is 62.7 Å². The van der Waals surface area contributed by atoms with E-state index in [0.29, 0.717) is 42.5 Å². The number of nitrogens with zero attached hydrogens (tertiary/aromatic N) is 5. The van der Waals surface area contributed by atoms with Crippen molar-refractivity contribution in [2.45, 2.75) is 53.5 Å². The number of halogens is 2. The van der Waals surface area contributed by atoms with Gasteiger partial charge in [0, 0.05) is 59.3 Å². The number of aryl methyl sites for hydroxylation is 6. The minimum Gasteiger partial charge on any atom is -0.494 e. The van der Waals surface area contributed by atoms with Crippen LogP contribution in [0, 0.1) is 27.7 Å². The lowest BCUT2D eigenvalue weighted by molar-refractivity contribution is 0.0696. The van der Waals surface area contributed by atoms with Crippen LogP contribution in [0.25, 0.3) is 32.9 Å². The fraction of sp³-hybridized carbons (Fsp3) is 0.308. The van der Waals surface area contributed by atoms with Crippen molar-refractivity contribution in [3.05, 3.63) is 97.9 Å². The lowest BCUT2D eigenvalue weighted by Gasteiger charge is -2.34. The molecule has 9 nitrogen and oxygen atoms in total. The molecule has 1 atom stereocenters. The predicted octanol–water partition coefficient (Wildman–Crippen LogP) is 9.01. The van der Waals surface area contributed by atoms with Crippen LogP contribution >= 0.6 is 23.2 Å². The molecule has 11 heteroatoms. The van der Waals surface area contributed by atoms with Gasteiger partial charge in [0.1, 0.15) is 17.3 Å². The Morgan fingerprint density at radius 1 is 1.00 bits per heavy atom. The van der Waals surface area contributed by atoms with Crippen LogP contribution in [-0.2, 0) is 20.5 Å². The van der Waals surface area contributed by atoms with E-state index in [1.807, 2.05) is 86.3 Å². The van der Waals surface area contributed by atoms with E-state index in [0.717, 1.165) is 71.8 Å². The summed E-state index contributed by atoms with van der Waals surface area (Å²) in [5.74, 6) is 0.355. The first kappa shape index (κ1) is 33.8. The number of carboxylic acids is 1. The molecule has 0 saturated heterocycles. The van der Waals surface area contributed by atoms with Gasteiger partial charge in [-0.2, -0.15) is 5.10 Å². The highest BCUT2D eigenvalue weighted by molar-refractivity contribution is 6.35. The van der Waals surface area contributed by atoms with Gasteiger partial charge in [-0.25, -0.2) is 4.79 Å². The van der Waals surface area contributed by atoms with Crippen LogP contribution in [-0.4, -0.2) is 49.0 Å². The second-order valence-electron chi connectivity index (χ2n) is 13.4. The molecule has 1 aliphatic heterocycles. The SMILES string of the molecule is Cc1cc(OCCCc2c3n(c4c(-c5c(C)nn(C)c5C)c(Cl)ccc24)[C@H](C)CN(c2cc4ccc(C(=O)O)cc4n2C)C3=O)cc(C)c1Cl. The molecule has 7 rings (SSSR count). The van der Waals surface area contributed by atoms with E-state index < -0.39 is 5.97 Å². The summed E-state index contributed by atoms with van der Waals surface area (Å²) in [7, 11) is 3.80. The fourth-order valence-corrected chi connectivity index (χ4v) is 7.99. The third-order valence-corrected chi connectivity index (χ3v) is 11.0. The van der Waals surface area contributed by atoms with E-state index in [9.17, 15) is 14.7 Å². The van der Waals surface area contributed by atoms with Crippen LogP contribution in [0.4, 0.5) is 5.82 Å². The summed E-state index contributed by atoms with van der Waals surface area (Å²) in [6, 6.07) is 14.7. The summed E-state index contributed by atoms with van der Waals surface area (Å²) in [5, 5.41) is 17.5. The molecule has 0 unspecified atom stereocenters. The lowest BCUT2D eigenvalue weighted by atomic mass is 9.98. The summed E-state index contributed by atoms with van der Waals surface area (Å²) in [5.41, 5.74) is 9.06. The number of carboxylic acid groups (broad SMARTS) is 1. The highest BCUT2D eigenvalue weighted by Crippen LogP contribution is 2.45. The second-order valence-corrected chi connectivity index (χ2v) is 14.2. The third kappa shape index (κ3) is 5.34. The number of carbonyl (C=O) groups excluding carboxylic acids is 1. The quantitative estimate of drug-likeness (QED) is 0.159. The van der Waals surface area contributed by atoms with Crippen LogP contribution < -0.4 is 9.64 Å². The van der Waals surface area contributed by atoms with Gasteiger partial charge in [-0.15, -0.1) is 0 Å². The van der Waals surface area contributed by atoms with Crippen molar-refractivity contribution in [3.8, 4) is 16.9 Å². The number of rotatable bonds is 8. The maximum Gasteiger partial charge on any atom is 0.335 e. The molecule has 4 heterocycles. The molecule has 258 valence electrons. The van der Waals surface area contributed by atoms with E-state index in [-0.39, 0.29) is 17.5 Å². The largest absolute Gasteiger partial charge is 0.494 e. The van der Waals surface area contributed by atoms with E-state index in [4.69, 9.17) is 33.0 Å². The molecule has 1 amide bonds. The number of hydrogen-bond acceptors (Lipinski definition) is 4. The van der Waals surface area contributed by atoms with Crippen LogP contribution in [0.3, 0.4) is 0 Å². The van der Waals surface area contributed by atoms with E-state index in [1.54, 1.807) is 18.2 Å². The van der Waals surface area contributed by atoms with Crippen molar-refractivity contribution in [2.24, 2.45) is 14.1 Å². The van der Waals surface area contributed by atoms with Crippen molar-refractivity contribution in [1.29, 1.82) is 0 Å². The standard InChI is InChI=1S/C39H39Cl2N5O4/c1-20-15-27(16-21(2)35(20)41)50-14-8-9-28-29-12-13-30(40)34(33-23(4)42-44(7)24(33)5)36(29)46-22(3)19-45(38(47)37(28)46)32-18-25-10-11-26(39(48)49)17-31(25)43(32)6/h10-13,15-18,22H,8-9,14,19H2,1-7H3,(H,48,49)/t22-/m1/s1. The number of anilines is 1. The zero-order chi connectivity index (χ0) is 35.8. The Morgan fingerprint density at radius 3 is 2.38 bits per heavy atom. The summed E-state index contributed by atoms with van der Waals surface area (Å²) < 4.78 is 12.1. The molecule has 1 aliphatic rings. The number of amides is 1. The van der Waals surface area contributed by atoms with Crippen molar-refractivity contribution in [2.75, 3.05) is 18.1 Å². The first-order chi connectivity index (χ1) is 23.8. The number of aromatic nitrogens is 4. The Kier molecular flexibility index (Phi) is 8.47. The van der Waals surface area contributed by atoms with Crippen molar-refractivity contribution < 1.29 is 19.4 Å². The molecule has 0 bridgehead atoms. The van der Waals surface area contributed by atoms with Crippen molar-refractivity contribution in [1.82, 2.24) is 18.9 Å². The zero-order valence-electron chi connectivity index (χ0n) is 29.2. The van der Waals surface area contributed by atoms with Gasteiger partial charge in [-0.3, -0.25) is 14.4 Å². The lowest BCUT2D eigenvalue weighted by Crippen LogP contribution is -2.43. The molecule has 0 aliphatic carbocycles. The first-order valence-electron chi connectivity index (χ1n) is 16.7. The topological polar surface area (TPSA) is 94.5 Å². The molecule has 3 aromatic heterocycles. The maximum absolute atomic E-state index is 14.9. The molecule has 50 heavy (non-hydrogen) atoms. The number of aromatic carboxylic acids is 1. The van der Waals surface area contributed by atoms with Gasteiger partial charge in [0.25, 0.3) is 5.91 Å². The average molecular weight is 713 g/mol. The summed E-state index contributed by atoms with van der Waals surface area (Å²) >= 11 is 13.5. The van der Waals surface area contributed by atoms with Gasteiger partial charge >= 0.3 is 5.97 Å². The van der Waals surface area contributed by atoms with Crippen LogP contribution in [0.2, 0.25) is 10.0 Å². The summed E-state index contributed by atoms with van der Waals surface area (Å²) in [6.07, 6.45) is 1.27. The van der Waals surface area contributed by atoms with Crippen molar-refractivity contribution in [3.63, 3.8) is 0 Å². The minimum atomic E-state index is -0.995. The highest BCUT2D eigenvalue weighted by Gasteiger charge is 2.37. The molecule has 0 radical (unpaired) electrons. The Balaban J connectivity index is 1.36. The number of fused-ring (bicyclic) bond motifs is 4. The first-order valence-corrected chi connectivity index (χ1v) is 17.4. The highest BCUT2D eigenvalue weighted by atomic mass is 35.5. The van der Waals surface area contributed by atoms with Crippen LogP contribution in [0.15, 0.2) is 48.5 Å². The zero-order valence-corrected chi connectivity index (χ0v) is 30.7. The van der Waals surface area contributed by atoms with Gasteiger partial charge in [-0.05, 0) is 101 Å². The van der Waals surface area contributed by atoms with Crippen LogP contribution in [0.1, 0.15) is 68.3 Å². The molecular formula is C39H39Cl2N5O4. The molecule has 3 aromatic carbocycles.